The van der Waals surface area contributed by atoms with Gasteiger partial charge in [-0.2, -0.15) is 0 Å². The van der Waals surface area contributed by atoms with E-state index in [9.17, 15) is 4.79 Å². The lowest BCUT2D eigenvalue weighted by Gasteiger charge is -2.31. The van der Waals surface area contributed by atoms with E-state index in [4.69, 9.17) is 0 Å². The molecule has 0 heterocycles. The van der Waals surface area contributed by atoms with Crippen LogP contribution in [0.2, 0.25) is 0 Å². The molecule has 0 saturated heterocycles. The Morgan fingerprint density at radius 3 is 2.50 bits per heavy atom. The lowest BCUT2D eigenvalue weighted by Crippen LogP contribution is -2.32. The van der Waals surface area contributed by atoms with Crippen LogP contribution in [0.25, 0.3) is 0 Å². The molecule has 1 nitrogen and oxygen atoms in total. The van der Waals surface area contributed by atoms with Gasteiger partial charge < -0.3 is 0 Å². The molecule has 0 aromatic rings. The number of carbonyl (C=O) groups is 1. The average molecular weight is 166 g/mol. The molecule has 0 N–H and O–H groups in total. The number of rotatable bonds is 0. The van der Waals surface area contributed by atoms with Crippen LogP contribution in [-0.4, -0.2) is 5.78 Å². The molecule has 4 atom stereocenters. The second kappa shape index (κ2) is 2.86. The lowest BCUT2D eigenvalue weighted by atomic mass is 9.72. The fraction of sp³-hybridized carbons (Fsp3) is 0.909. The zero-order valence-corrected chi connectivity index (χ0v) is 8.05. The van der Waals surface area contributed by atoms with Crippen molar-refractivity contribution in [2.75, 3.05) is 0 Å². The van der Waals surface area contributed by atoms with Crippen LogP contribution in [0.5, 0.6) is 0 Å². The molecular formula is C11H18O. The minimum atomic E-state index is 0.439. The van der Waals surface area contributed by atoms with Gasteiger partial charge in [0, 0.05) is 12.3 Å². The van der Waals surface area contributed by atoms with E-state index in [0.717, 1.165) is 24.7 Å². The lowest BCUT2D eigenvalue weighted by molar-refractivity contribution is -0.128. The first-order valence-corrected chi connectivity index (χ1v) is 5.23. The summed E-state index contributed by atoms with van der Waals surface area (Å²) in [6, 6.07) is 0. The van der Waals surface area contributed by atoms with Gasteiger partial charge in [-0.1, -0.05) is 13.8 Å². The molecule has 0 spiro atoms. The van der Waals surface area contributed by atoms with Crippen molar-refractivity contribution in [3.05, 3.63) is 0 Å². The Balaban J connectivity index is 2.18. The van der Waals surface area contributed by atoms with Crippen molar-refractivity contribution in [1.82, 2.24) is 0 Å². The SMILES string of the molecule is C[C@@H]1CC[C@@H]2[C@@H]1C(=O)CC[C@@H]2C. The van der Waals surface area contributed by atoms with Crippen molar-refractivity contribution < 1.29 is 4.79 Å². The van der Waals surface area contributed by atoms with Crippen LogP contribution in [0.4, 0.5) is 0 Å². The number of hydrogen-bond donors (Lipinski definition) is 0. The highest BCUT2D eigenvalue weighted by atomic mass is 16.1. The van der Waals surface area contributed by atoms with E-state index < -0.39 is 0 Å². The van der Waals surface area contributed by atoms with Crippen LogP contribution in [0.15, 0.2) is 0 Å². The van der Waals surface area contributed by atoms with Crippen molar-refractivity contribution >= 4 is 5.78 Å². The molecule has 0 amide bonds. The number of Topliss-reactive ketones (excluding diaryl/α,β-unsaturated/α-hetero) is 1. The Bertz CT molecular complexity index is 197. The quantitative estimate of drug-likeness (QED) is 0.540. The van der Waals surface area contributed by atoms with Crippen LogP contribution >= 0.6 is 0 Å². The van der Waals surface area contributed by atoms with Crippen LogP contribution in [0.1, 0.15) is 39.5 Å². The van der Waals surface area contributed by atoms with Crippen LogP contribution in [-0.2, 0) is 4.79 Å². The molecular weight excluding hydrogens is 148 g/mol. The second-order valence-corrected chi connectivity index (χ2v) is 4.73. The molecule has 0 unspecified atom stereocenters. The van der Waals surface area contributed by atoms with Gasteiger partial charge in [0.05, 0.1) is 0 Å². The van der Waals surface area contributed by atoms with Crippen molar-refractivity contribution in [3.8, 4) is 0 Å². The third-order valence-corrected chi connectivity index (χ3v) is 3.98. The number of ketones is 1. The van der Waals surface area contributed by atoms with Gasteiger partial charge in [-0.15, -0.1) is 0 Å². The van der Waals surface area contributed by atoms with Gasteiger partial charge in [0.15, 0.2) is 0 Å². The molecule has 0 aromatic heterocycles. The molecule has 2 fully saturated rings. The van der Waals surface area contributed by atoms with Gasteiger partial charge in [0.25, 0.3) is 0 Å². The molecule has 2 saturated carbocycles. The minimum absolute atomic E-state index is 0.439. The summed E-state index contributed by atoms with van der Waals surface area (Å²) in [5.41, 5.74) is 0. The largest absolute Gasteiger partial charge is 0.299 e. The van der Waals surface area contributed by atoms with Crippen LogP contribution in [0.3, 0.4) is 0 Å². The van der Waals surface area contributed by atoms with Crippen molar-refractivity contribution in [1.29, 1.82) is 0 Å². The molecule has 0 bridgehead atoms. The summed E-state index contributed by atoms with van der Waals surface area (Å²) in [5, 5.41) is 0. The topological polar surface area (TPSA) is 17.1 Å². The summed E-state index contributed by atoms with van der Waals surface area (Å²) in [6.45, 7) is 4.57. The van der Waals surface area contributed by atoms with Crippen LogP contribution < -0.4 is 0 Å². The zero-order chi connectivity index (χ0) is 8.72. The van der Waals surface area contributed by atoms with E-state index in [2.05, 4.69) is 13.8 Å². The van der Waals surface area contributed by atoms with E-state index in [1.54, 1.807) is 0 Å². The number of carbonyl (C=O) groups excluding carboxylic acids is 1. The Kier molecular flexibility index (Phi) is 1.97. The van der Waals surface area contributed by atoms with Crippen molar-refractivity contribution in [3.63, 3.8) is 0 Å². The normalized spacial score (nSPS) is 47.7. The number of fused-ring (bicyclic) bond motifs is 1. The molecule has 68 valence electrons. The second-order valence-electron chi connectivity index (χ2n) is 4.73. The average Bonchev–Trinajstić information content (AvgIpc) is 2.42. The Morgan fingerprint density at radius 1 is 1.08 bits per heavy atom. The van der Waals surface area contributed by atoms with Crippen molar-refractivity contribution in [2.45, 2.75) is 39.5 Å². The summed E-state index contributed by atoms with van der Waals surface area (Å²) in [5.74, 6) is 3.21. The predicted molar refractivity (Wildman–Crippen MR) is 48.8 cm³/mol. The van der Waals surface area contributed by atoms with E-state index in [1.165, 1.54) is 12.8 Å². The maximum Gasteiger partial charge on any atom is 0.136 e. The maximum atomic E-state index is 11.6. The molecule has 2 rings (SSSR count). The monoisotopic (exact) mass is 166 g/mol. The van der Waals surface area contributed by atoms with Gasteiger partial charge >= 0.3 is 0 Å². The Hall–Kier alpha value is -0.330. The van der Waals surface area contributed by atoms with Gasteiger partial charge in [0.2, 0.25) is 0 Å². The first kappa shape index (κ1) is 8.28. The summed E-state index contributed by atoms with van der Waals surface area (Å²) < 4.78 is 0. The highest BCUT2D eigenvalue weighted by Gasteiger charge is 2.43. The molecule has 1 heteroatoms. The van der Waals surface area contributed by atoms with Gasteiger partial charge in [-0.05, 0) is 37.0 Å². The summed E-state index contributed by atoms with van der Waals surface area (Å²) in [7, 11) is 0. The van der Waals surface area contributed by atoms with Gasteiger partial charge in [-0.25, -0.2) is 0 Å². The Labute approximate surface area is 74.5 Å². The third kappa shape index (κ3) is 1.10. The third-order valence-electron chi connectivity index (χ3n) is 3.98. The maximum absolute atomic E-state index is 11.6. The molecule has 12 heavy (non-hydrogen) atoms. The van der Waals surface area contributed by atoms with E-state index in [0.29, 0.717) is 17.6 Å². The van der Waals surface area contributed by atoms with Crippen LogP contribution in [0, 0.1) is 23.7 Å². The van der Waals surface area contributed by atoms with Crippen molar-refractivity contribution in [2.24, 2.45) is 23.7 Å². The summed E-state index contributed by atoms with van der Waals surface area (Å²) >= 11 is 0. The molecule has 2 aliphatic carbocycles. The molecule has 2 aliphatic rings. The first-order valence-electron chi connectivity index (χ1n) is 5.23. The minimum Gasteiger partial charge on any atom is -0.299 e. The highest BCUT2D eigenvalue weighted by Crippen LogP contribution is 2.46. The standard InChI is InChI=1S/C11H18O/c1-7-4-6-10(12)11-8(2)3-5-9(7)11/h7-9,11H,3-6H2,1-2H3/t7-,8+,9-,11+/m0/s1. The highest BCUT2D eigenvalue weighted by molar-refractivity contribution is 5.82. The number of hydrogen-bond acceptors (Lipinski definition) is 1. The fourth-order valence-electron chi connectivity index (χ4n) is 3.18. The molecule has 0 aliphatic heterocycles. The first-order chi connectivity index (χ1) is 5.70. The smallest absolute Gasteiger partial charge is 0.136 e. The van der Waals surface area contributed by atoms with Gasteiger partial charge in [-0.3, -0.25) is 4.79 Å². The van der Waals surface area contributed by atoms with Gasteiger partial charge in [0.1, 0.15) is 5.78 Å². The Morgan fingerprint density at radius 2 is 1.83 bits per heavy atom. The van der Waals surface area contributed by atoms with E-state index >= 15 is 0 Å². The zero-order valence-electron chi connectivity index (χ0n) is 8.05. The van der Waals surface area contributed by atoms with E-state index in [-0.39, 0.29) is 0 Å². The summed E-state index contributed by atoms with van der Waals surface area (Å²) in [6.07, 6.45) is 4.59. The fourth-order valence-corrected chi connectivity index (χ4v) is 3.18. The van der Waals surface area contributed by atoms with E-state index in [1.807, 2.05) is 0 Å². The molecule has 0 radical (unpaired) electrons. The summed E-state index contributed by atoms with van der Waals surface area (Å²) in [4.78, 5) is 11.6. The molecule has 0 aromatic carbocycles. The predicted octanol–water partition coefficient (Wildman–Crippen LogP) is 2.65.